The van der Waals surface area contributed by atoms with Crippen molar-refractivity contribution in [3.05, 3.63) is 6.20 Å². The van der Waals surface area contributed by atoms with E-state index in [1.165, 1.54) is 10.9 Å². The number of sulfonamides is 1. The number of nitrogens with one attached hydrogen (secondary N) is 1. The zero-order valence-electron chi connectivity index (χ0n) is 11.8. The van der Waals surface area contributed by atoms with Gasteiger partial charge in [0.15, 0.2) is 5.82 Å². The lowest BCUT2D eigenvalue weighted by atomic mass is 9.99. The number of likely N-dealkylation sites (tertiary alicyclic amines) is 1. The van der Waals surface area contributed by atoms with Gasteiger partial charge in [-0.15, -0.1) is 5.10 Å². The fraction of sp³-hybridized carbons (Fsp3) is 0.727. The molecule has 118 valence electrons. The molecule has 9 nitrogen and oxygen atoms in total. The Morgan fingerprint density at radius 3 is 3.00 bits per heavy atom. The Morgan fingerprint density at radius 2 is 2.33 bits per heavy atom. The smallest absolute Gasteiger partial charge is 0.244 e. The van der Waals surface area contributed by atoms with Gasteiger partial charge in [0.2, 0.25) is 15.9 Å². The molecule has 0 aromatic carbocycles. The monoisotopic (exact) mass is 317 g/mol. The van der Waals surface area contributed by atoms with Crippen molar-refractivity contribution in [3.63, 3.8) is 0 Å². The zero-order chi connectivity index (χ0) is 15.5. The molecule has 1 aromatic rings. The molecule has 1 saturated heterocycles. The first-order valence-corrected chi connectivity index (χ1v) is 8.53. The number of anilines is 1. The molecule has 0 spiro atoms. The summed E-state index contributed by atoms with van der Waals surface area (Å²) in [6.45, 7) is 1.28. The number of hydrogen-bond acceptors (Lipinski definition) is 6. The number of nitrogens with zero attached hydrogens (tertiary/aromatic N) is 4. The Balaban J connectivity index is 1.93. The van der Waals surface area contributed by atoms with Crippen molar-refractivity contribution in [3.8, 4) is 0 Å². The fourth-order valence-electron chi connectivity index (χ4n) is 2.29. The van der Waals surface area contributed by atoms with E-state index in [9.17, 15) is 13.2 Å². The minimum Gasteiger partial charge on any atom is -0.396 e. The second kappa shape index (κ2) is 6.39. The van der Waals surface area contributed by atoms with E-state index in [1.54, 1.807) is 4.90 Å². The van der Waals surface area contributed by atoms with Crippen LogP contribution in [0.15, 0.2) is 6.20 Å². The molecule has 1 aliphatic rings. The van der Waals surface area contributed by atoms with Crippen molar-refractivity contribution in [1.29, 1.82) is 0 Å². The Bertz CT molecular complexity index is 600. The van der Waals surface area contributed by atoms with Crippen LogP contribution < -0.4 is 4.72 Å². The molecule has 10 heteroatoms. The van der Waals surface area contributed by atoms with Crippen LogP contribution in [0.3, 0.4) is 0 Å². The number of aliphatic hydroxyl groups excluding tert-OH is 1. The van der Waals surface area contributed by atoms with Crippen LogP contribution in [-0.2, 0) is 21.4 Å². The van der Waals surface area contributed by atoms with Gasteiger partial charge in [0.05, 0.1) is 12.5 Å². The molecule has 1 aromatic heterocycles. The highest BCUT2D eigenvalue weighted by atomic mass is 32.2. The van der Waals surface area contributed by atoms with Gasteiger partial charge in [0.25, 0.3) is 0 Å². The molecule has 1 fully saturated rings. The van der Waals surface area contributed by atoms with Gasteiger partial charge in [-0.2, -0.15) is 0 Å². The molecule has 2 N–H and O–H groups in total. The number of aliphatic hydroxyl groups is 1. The number of hydrogen-bond donors (Lipinski definition) is 2. The summed E-state index contributed by atoms with van der Waals surface area (Å²) in [6.07, 6.45) is 4.17. The van der Waals surface area contributed by atoms with Crippen molar-refractivity contribution >= 4 is 21.7 Å². The van der Waals surface area contributed by atoms with Crippen LogP contribution in [0.25, 0.3) is 0 Å². The van der Waals surface area contributed by atoms with Crippen LogP contribution in [-0.4, -0.2) is 65.3 Å². The first-order valence-electron chi connectivity index (χ1n) is 6.64. The molecule has 21 heavy (non-hydrogen) atoms. The van der Waals surface area contributed by atoms with E-state index in [2.05, 4.69) is 15.0 Å². The van der Waals surface area contributed by atoms with Gasteiger partial charge in [0.1, 0.15) is 6.54 Å². The van der Waals surface area contributed by atoms with Crippen LogP contribution >= 0.6 is 0 Å². The largest absolute Gasteiger partial charge is 0.396 e. The minimum absolute atomic E-state index is 0.00338. The van der Waals surface area contributed by atoms with Gasteiger partial charge in [-0.25, -0.2) is 13.1 Å². The van der Waals surface area contributed by atoms with E-state index < -0.39 is 10.0 Å². The van der Waals surface area contributed by atoms with Crippen LogP contribution in [0.2, 0.25) is 0 Å². The summed E-state index contributed by atoms with van der Waals surface area (Å²) in [7, 11) is -3.41. The van der Waals surface area contributed by atoms with Crippen LogP contribution in [0.1, 0.15) is 12.8 Å². The third-order valence-corrected chi connectivity index (χ3v) is 3.84. The maximum absolute atomic E-state index is 12.1. The van der Waals surface area contributed by atoms with Gasteiger partial charge >= 0.3 is 0 Å². The fourth-order valence-corrected chi connectivity index (χ4v) is 2.77. The number of rotatable bonds is 5. The predicted molar refractivity (Wildman–Crippen MR) is 74.9 cm³/mol. The Hall–Kier alpha value is -1.68. The minimum atomic E-state index is -3.41. The topological polar surface area (TPSA) is 117 Å². The number of carbonyl (C=O) groups excluding carboxylic acids is 1. The normalized spacial score (nSPS) is 19.5. The van der Waals surface area contributed by atoms with Gasteiger partial charge in [-0.05, 0) is 18.8 Å². The highest BCUT2D eigenvalue weighted by Gasteiger charge is 2.23. The summed E-state index contributed by atoms with van der Waals surface area (Å²) in [5.41, 5.74) is 0. The lowest BCUT2D eigenvalue weighted by Crippen LogP contribution is -2.42. The van der Waals surface area contributed by atoms with Crippen molar-refractivity contribution < 1.29 is 18.3 Å². The Kier molecular flexibility index (Phi) is 4.78. The molecule has 0 aliphatic carbocycles. The third-order valence-electron chi connectivity index (χ3n) is 3.26. The molecule has 0 saturated carbocycles. The lowest BCUT2D eigenvalue weighted by Gasteiger charge is -2.31. The Morgan fingerprint density at radius 1 is 1.57 bits per heavy atom. The molecule has 1 atom stereocenters. The van der Waals surface area contributed by atoms with Crippen LogP contribution in [0.5, 0.6) is 0 Å². The SMILES string of the molecule is CS(=O)(=O)Nc1cn(CC(=O)N2CCCC(CO)C2)nn1. The second-order valence-electron chi connectivity index (χ2n) is 5.21. The van der Waals surface area contributed by atoms with Gasteiger partial charge in [-0.1, -0.05) is 5.21 Å². The molecule has 0 radical (unpaired) electrons. The van der Waals surface area contributed by atoms with Crippen molar-refractivity contribution in [2.75, 3.05) is 30.7 Å². The van der Waals surface area contributed by atoms with E-state index in [-0.39, 0.29) is 30.8 Å². The zero-order valence-corrected chi connectivity index (χ0v) is 12.6. The molecular weight excluding hydrogens is 298 g/mol. The summed E-state index contributed by atoms with van der Waals surface area (Å²) in [5, 5.41) is 16.5. The second-order valence-corrected chi connectivity index (χ2v) is 6.95. The lowest BCUT2D eigenvalue weighted by molar-refractivity contribution is -0.134. The third kappa shape index (κ3) is 4.67. The predicted octanol–water partition coefficient (Wildman–Crippen LogP) is -1.12. The average molecular weight is 317 g/mol. The summed E-state index contributed by atoms with van der Waals surface area (Å²) < 4.78 is 25.6. The van der Waals surface area contributed by atoms with E-state index in [0.717, 1.165) is 19.1 Å². The van der Waals surface area contributed by atoms with Crippen molar-refractivity contribution in [2.45, 2.75) is 19.4 Å². The molecule has 2 heterocycles. The maximum atomic E-state index is 12.1. The summed E-state index contributed by atoms with van der Waals surface area (Å²) in [6, 6.07) is 0. The highest BCUT2D eigenvalue weighted by molar-refractivity contribution is 7.92. The summed E-state index contributed by atoms with van der Waals surface area (Å²) in [5.74, 6) is 0.0852. The summed E-state index contributed by atoms with van der Waals surface area (Å²) in [4.78, 5) is 13.8. The van der Waals surface area contributed by atoms with E-state index in [4.69, 9.17) is 5.11 Å². The summed E-state index contributed by atoms with van der Waals surface area (Å²) >= 11 is 0. The quantitative estimate of drug-likeness (QED) is 0.710. The number of piperidine rings is 1. The maximum Gasteiger partial charge on any atom is 0.244 e. The molecule has 1 unspecified atom stereocenters. The molecule has 1 amide bonds. The number of aromatic nitrogens is 3. The number of carbonyl (C=O) groups is 1. The standard InChI is InChI=1S/C11H19N5O4S/c1-21(19,20)13-10-6-16(14-12-10)7-11(18)15-4-2-3-9(5-15)8-17/h6,9,13,17H,2-5,7-8H2,1H3. The molecular formula is C11H19N5O4S. The first-order chi connectivity index (χ1) is 9.87. The van der Waals surface area contributed by atoms with Crippen LogP contribution in [0, 0.1) is 5.92 Å². The Labute approximate surface area is 123 Å². The molecule has 2 rings (SSSR count). The van der Waals surface area contributed by atoms with Crippen molar-refractivity contribution in [2.24, 2.45) is 5.92 Å². The van der Waals surface area contributed by atoms with E-state index >= 15 is 0 Å². The highest BCUT2D eigenvalue weighted by Crippen LogP contribution is 2.16. The van der Waals surface area contributed by atoms with Gasteiger partial charge in [0, 0.05) is 19.7 Å². The van der Waals surface area contributed by atoms with Gasteiger partial charge in [-0.3, -0.25) is 9.52 Å². The molecule has 1 aliphatic heterocycles. The van der Waals surface area contributed by atoms with E-state index in [0.29, 0.717) is 13.1 Å². The van der Waals surface area contributed by atoms with Crippen LogP contribution in [0.4, 0.5) is 5.82 Å². The number of amides is 1. The average Bonchev–Trinajstić information content (AvgIpc) is 2.83. The van der Waals surface area contributed by atoms with Crippen molar-refractivity contribution in [1.82, 2.24) is 19.9 Å². The first kappa shape index (κ1) is 15.7. The van der Waals surface area contributed by atoms with Gasteiger partial charge < -0.3 is 10.0 Å². The molecule has 0 bridgehead atoms. The van der Waals surface area contributed by atoms with E-state index in [1.807, 2.05) is 0 Å².